The van der Waals surface area contributed by atoms with Crippen LogP contribution in [0.1, 0.15) is 49.3 Å². The van der Waals surface area contributed by atoms with Crippen LogP contribution in [0.2, 0.25) is 0 Å². The number of benzene rings is 2. The van der Waals surface area contributed by atoms with E-state index in [0.717, 1.165) is 13.0 Å². The Labute approximate surface area is 291 Å². The molecule has 2 fully saturated rings. The van der Waals surface area contributed by atoms with E-state index in [9.17, 15) is 15.0 Å². The molecule has 0 bridgehead atoms. The van der Waals surface area contributed by atoms with Crippen LogP contribution in [0.15, 0.2) is 91.5 Å². The van der Waals surface area contributed by atoms with Gasteiger partial charge in [-0.2, -0.15) is 9.97 Å². The van der Waals surface area contributed by atoms with Crippen molar-refractivity contribution in [2.24, 2.45) is 0 Å². The van der Waals surface area contributed by atoms with Crippen LogP contribution >= 0.6 is 0 Å². The number of rotatable bonds is 12. The monoisotopic (exact) mass is 676 g/mol. The summed E-state index contributed by atoms with van der Waals surface area (Å²) in [5.41, 5.74) is 4.13. The van der Waals surface area contributed by atoms with E-state index in [4.69, 9.17) is 15.0 Å². The number of hydrogen-bond donors (Lipinski definition) is 6. The van der Waals surface area contributed by atoms with Crippen LogP contribution in [0, 0.1) is 0 Å². The van der Waals surface area contributed by atoms with Gasteiger partial charge in [0, 0.05) is 43.8 Å². The molecular formula is C37H44N10O3. The third-order valence-corrected chi connectivity index (χ3v) is 9.68. The molecule has 0 radical (unpaired) electrons. The van der Waals surface area contributed by atoms with Crippen molar-refractivity contribution >= 4 is 34.6 Å². The molecule has 0 spiro atoms. The zero-order chi connectivity index (χ0) is 34.5. The number of imidazole rings is 1. The lowest BCUT2D eigenvalue weighted by Gasteiger charge is -2.22. The number of amides is 2. The Balaban J connectivity index is 1.18. The molecule has 50 heavy (non-hydrogen) atoms. The van der Waals surface area contributed by atoms with Crippen molar-refractivity contribution in [1.29, 1.82) is 0 Å². The zero-order valence-electron chi connectivity index (χ0n) is 28.1. The van der Waals surface area contributed by atoms with Crippen LogP contribution in [-0.2, 0) is 0 Å². The Morgan fingerprint density at radius 1 is 0.980 bits per heavy atom. The van der Waals surface area contributed by atoms with E-state index in [1.54, 1.807) is 30.9 Å². The molecule has 1 saturated heterocycles. The molecule has 5 aromatic rings. The number of aromatic nitrogens is 5. The van der Waals surface area contributed by atoms with Crippen molar-refractivity contribution < 1.29 is 15.0 Å². The summed E-state index contributed by atoms with van der Waals surface area (Å²) in [5.74, 6) is 1.13. The molecule has 3 aromatic heterocycles. The molecular weight excluding hydrogens is 632 g/mol. The van der Waals surface area contributed by atoms with E-state index in [1.165, 1.54) is 11.1 Å². The van der Waals surface area contributed by atoms with Crippen molar-refractivity contribution in [1.82, 2.24) is 35.1 Å². The first-order chi connectivity index (χ1) is 24.5. The highest BCUT2D eigenvalue weighted by Gasteiger charge is 2.43. The quantitative estimate of drug-likeness (QED) is 0.114. The number of aliphatic hydroxyl groups is 2. The minimum absolute atomic E-state index is 0.0452. The third-order valence-electron chi connectivity index (χ3n) is 9.68. The second-order valence-corrected chi connectivity index (χ2v) is 13.1. The zero-order valence-corrected chi connectivity index (χ0v) is 28.1. The average Bonchev–Trinajstić information content (AvgIpc) is 3.86. The number of hydrogen-bond acceptors (Lipinski definition) is 10. The molecule has 2 aromatic carbocycles. The van der Waals surface area contributed by atoms with Crippen LogP contribution in [0.25, 0.3) is 11.2 Å². The van der Waals surface area contributed by atoms with E-state index in [0.29, 0.717) is 61.1 Å². The van der Waals surface area contributed by atoms with E-state index in [2.05, 4.69) is 62.3 Å². The molecule has 1 saturated carbocycles. The van der Waals surface area contributed by atoms with Crippen molar-refractivity contribution in [3.8, 4) is 0 Å². The van der Waals surface area contributed by atoms with Crippen LogP contribution in [0.4, 0.5) is 22.2 Å². The van der Waals surface area contributed by atoms with Crippen LogP contribution in [0.5, 0.6) is 0 Å². The molecule has 5 atom stereocenters. The molecule has 7 rings (SSSR count). The van der Waals surface area contributed by atoms with Gasteiger partial charge in [-0.25, -0.2) is 9.78 Å². The van der Waals surface area contributed by atoms with Gasteiger partial charge in [0.15, 0.2) is 17.0 Å². The molecule has 13 nitrogen and oxygen atoms in total. The summed E-state index contributed by atoms with van der Waals surface area (Å²) in [5, 5.41) is 35.0. The van der Waals surface area contributed by atoms with Crippen molar-refractivity contribution in [2.45, 2.75) is 62.4 Å². The smallest absolute Gasteiger partial charge is 0.319 e. The SMILES string of the molecule is CCCN[C@H]1C[C@@H](n2cnc3c(NCC(c4ccccc4)c4ccccc4)nc(N4CC[C@@H](NC(=O)Nc5cccnc5)C4)nc32)[C@H](O)[C@@H]1O. The lowest BCUT2D eigenvalue weighted by atomic mass is 9.91. The van der Waals surface area contributed by atoms with Gasteiger partial charge in [-0.15, -0.1) is 0 Å². The summed E-state index contributed by atoms with van der Waals surface area (Å²) in [6.07, 6.45) is 5.22. The lowest BCUT2D eigenvalue weighted by molar-refractivity contribution is 0.0143. The van der Waals surface area contributed by atoms with E-state index >= 15 is 0 Å². The number of anilines is 3. The maximum atomic E-state index is 12.8. The van der Waals surface area contributed by atoms with Crippen molar-refractivity contribution in [3.63, 3.8) is 0 Å². The highest BCUT2D eigenvalue weighted by Crippen LogP contribution is 2.35. The van der Waals surface area contributed by atoms with Gasteiger partial charge in [-0.05, 0) is 49.1 Å². The number of carbonyl (C=O) groups is 1. The van der Waals surface area contributed by atoms with Gasteiger partial charge < -0.3 is 40.9 Å². The predicted molar refractivity (Wildman–Crippen MR) is 193 cm³/mol. The summed E-state index contributed by atoms with van der Waals surface area (Å²) < 4.78 is 1.88. The fourth-order valence-electron chi connectivity index (χ4n) is 7.08. The summed E-state index contributed by atoms with van der Waals surface area (Å²) in [6.45, 7) is 4.54. The van der Waals surface area contributed by atoms with Crippen LogP contribution in [-0.4, -0.2) is 91.2 Å². The molecule has 2 amide bonds. The van der Waals surface area contributed by atoms with Crippen molar-refractivity contribution in [2.75, 3.05) is 41.7 Å². The number of aliphatic hydroxyl groups excluding tert-OH is 2. The number of pyridine rings is 1. The van der Waals surface area contributed by atoms with E-state index in [1.807, 2.05) is 41.0 Å². The van der Waals surface area contributed by atoms with Gasteiger partial charge >= 0.3 is 6.03 Å². The number of nitrogens with one attached hydrogen (secondary N) is 4. The number of nitrogens with zero attached hydrogens (tertiary/aromatic N) is 6. The number of fused-ring (bicyclic) bond motifs is 1. The van der Waals surface area contributed by atoms with Crippen LogP contribution < -0.4 is 26.2 Å². The third kappa shape index (κ3) is 7.25. The Bertz CT molecular complexity index is 1820. The van der Waals surface area contributed by atoms with Crippen molar-refractivity contribution in [3.05, 3.63) is 103 Å². The summed E-state index contributed by atoms with van der Waals surface area (Å²) in [4.78, 5) is 33.7. The Kier molecular flexibility index (Phi) is 10.1. The first kappa shape index (κ1) is 33.4. The fraction of sp³-hybridized carbons (Fsp3) is 0.378. The summed E-state index contributed by atoms with van der Waals surface area (Å²) in [6, 6.07) is 23.2. The Morgan fingerprint density at radius 2 is 1.74 bits per heavy atom. The maximum absolute atomic E-state index is 12.8. The fourth-order valence-corrected chi connectivity index (χ4v) is 7.08. The maximum Gasteiger partial charge on any atom is 0.319 e. The molecule has 2 aliphatic rings. The van der Waals surface area contributed by atoms with E-state index in [-0.39, 0.29) is 24.0 Å². The molecule has 1 aliphatic carbocycles. The summed E-state index contributed by atoms with van der Waals surface area (Å²) >= 11 is 0. The first-order valence-electron chi connectivity index (χ1n) is 17.4. The normalized spacial score (nSPS) is 21.9. The van der Waals surface area contributed by atoms with Gasteiger partial charge in [0.2, 0.25) is 5.95 Å². The van der Waals surface area contributed by atoms with Gasteiger partial charge in [-0.1, -0.05) is 67.6 Å². The van der Waals surface area contributed by atoms with Gasteiger partial charge in [0.25, 0.3) is 0 Å². The predicted octanol–water partition coefficient (Wildman–Crippen LogP) is 3.90. The van der Waals surface area contributed by atoms with Gasteiger partial charge in [0.1, 0.15) is 6.10 Å². The van der Waals surface area contributed by atoms with Crippen LogP contribution in [0.3, 0.4) is 0 Å². The topological polar surface area (TPSA) is 165 Å². The molecule has 13 heteroatoms. The molecule has 1 aliphatic heterocycles. The minimum Gasteiger partial charge on any atom is -0.389 e. The second-order valence-electron chi connectivity index (χ2n) is 13.1. The Hall–Kier alpha value is -5.11. The summed E-state index contributed by atoms with van der Waals surface area (Å²) in [7, 11) is 0. The standard InChI is InChI=1S/C37H44N10O3/c1-2-16-39-29-19-30(33(49)32(29)48)47-23-41-31-34(40-21-28(24-10-5-3-6-11-24)25-12-7-4-8-13-25)44-36(45-35(31)47)46-18-15-27(22-46)43-37(50)42-26-14-9-17-38-20-26/h3-14,17,20,23,27-30,32-33,39,48-49H,2,15-16,18-19,21-22H2,1H3,(H,40,44,45)(H2,42,43,50)/t27-,29+,30-,32-,33+/m1/s1. The van der Waals surface area contributed by atoms with Gasteiger partial charge in [0.05, 0.1) is 30.4 Å². The lowest BCUT2D eigenvalue weighted by Crippen LogP contribution is -2.40. The highest BCUT2D eigenvalue weighted by molar-refractivity contribution is 5.89. The molecule has 4 heterocycles. The minimum atomic E-state index is -0.990. The molecule has 6 N–H and O–H groups in total. The highest BCUT2D eigenvalue weighted by atomic mass is 16.3. The Morgan fingerprint density at radius 3 is 2.44 bits per heavy atom. The van der Waals surface area contributed by atoms with E-state index < -0.39 is 18.2 Å². The second kappa shape index (κ2) is 15.2. The number of carbonyl (C=O) groups excluding carboxylic acids is 1. The molecule has 0 unspecified atom stereocenters. The first-order valence-corrected chi connectivity index (χ1v) is 17.4. The largest absolute Gasteiger partial charge is 0.389 e. The molecule has 260 valence electrons. The average molecular weight is 677 g/mol. The number of urea groups is 1. The van der Waals surface area contributed by atoms with Gasteiger partial charge in [-0.3, -0.25) is 4.98 Å².